The van der Waals surface area contributed by atoms with Gasteiger partial charge in [-0.2, -0.15) is 0 Å². The fourth-order valence-corrected chi connectivity index (χ4v) is 1.96. The predicted octanol–water partition coefficient (Wildman–Crippen LogP) is 2.23. The summed E-state index contributed by atoms with van der Waals surface area (Å²) in [5, 5.41) is 0. The highest BCUT2D eigenvalue weighted by Gasteiger charge is 2.10. The van der Waals surface area contributed by atoms with E-state index in [1.54, 1.807) is 37.4 Å². The van der Waals surface area contributed by atoms with E-state index >= 15 is 0 Å². The van der Waals surface area contributed by atoms with Crippen molar-refractivity contribution in [2.24, 2.45) is 0 Å². The van der Waals surface area contributed by atoms with Gasteiger partial charge in [-0.15, -0.1) is 0 Å². The maximum absolute atomic E-state index is 13.0. The molecular formula is C14H10FN3O. The first-order chi connectivity index (χ1) is 9.16. The summed E-state index contributed by atoms with van der Waals surface area (Å²) in [6.07, 6.45) is 1.60. The SMILES string of the molecule is Cc1nc2cccnc2n(-c2ccc(F)cc2)c1=O. The van der Waals surface area contributed by atoms with Gasteiger partial charge < -0.3 is 0 Å². The van der Waals surface area contributed by atoms with Crippen LogP contribution in [0.25, 0.3) is 16.9 Å². The molecule has 94 valence electrons. The van der Waals surface area contributed by atoms with Crippen molar-refractivity contribution >= 4 is 11.2 Å². The molecule has 0 aliphatic heterocycles. The molecule has 0 aliphatic rings. The van der Waals surface area contributed by atoms with Crippen molar-refractivity contribution in [3.05, 3.63) is 64.5 Å². The Labute approximate surface area is 108 Å². The first kappa shape index (κ1) is 11.5. The summed E-state index contributed by atoms with van der Waals surface area (Å²) in [6, 6.07) is 9.26. The van der Waals surface area contributed by atoms with Crippen molar-refractivity contribution in [3.8, 4) is 5.69 Å². The zero-order chi connectivity index (χ0) is 13.4. The molecule has 0 radical (unpaired) electrons. The number of halogens is 1. The minimum absolute atomic E-state index is 0.252. The molecule has 5 heteroatoms. The lowest BCUT2D eigenvalue weighted by Crippen LogP contribution is -2.23. The summed E-state index contributed by atoms with van der Waals surface area (Å²) < 4.78 is 14.4. The standard InChI is InChI=1S/C14H10FN3O/c1-9-14(19)18(11-6-4-10(15)5-7-11)13-12(17-9)3-2-8-16-13/h2-8H,1H3. The van der Waals surface area contributed by atoms with E-state index in [9.17, 15) is 9.18 Å². The molecule has 0 saturated heterocycles. The fourth-order valence-electron chi connectivity index (χ4n) is 1.96. The van der Waals surface area contributed by atoms with Crippen molar-refractivity contribution in [2.75, 3.05) is 0 Å². The van der Waals surface area contributed by atoms with Crippen LogP contribution in [-0.2, 0) is 0 Å². The van der Waals surface area contributed by atoms with Gasteiger partial charge in [0.05, 0.1) is 5.69 Å². The van der Waals surface area contributed by atoms with Crippen molar-refractivity contribution in [1.82, 2.24) is 14.5 Å². The molecule has 19 heavy (non-hydrogen) atoms. The van der Waals surface area contributed by atoms with Crippen molar-refractivity contribution in [2.45, 2.75) is 6.92 Å². The second-order valence-corrected chi connectivity index (χ2v) is 4.16. The van der Waals surface area contributed by atoms with Gasteiger partial charge in [-0.1, -0.05) is 0 Å². The number of rotatable bonds is 1. The van der Waals surface area contributed by atoms with E-state index in [0.717, 1.165) is 0 Å². The van der Waals surface area contributed by atoms with Crippen LogP contribution in [0.5, 0.6) is 0 Å². The van der Waals surface area contributed by atoms with Crippen LogP contribution in [0.4, 0.5) is 4.39 Å². The third-order valence-corrected chi connectivity index (χ3v) is 2.86. The van der Waals surface area contributed by atoms with Gasteiger partial charge in [-0.3, -0.25) is 9.36 Å². The van der Waals surface area contributed by atoms with Crippen molar-refractivity contribution < 1.29 is 4.39 Å². The number of pyridine rings is 1. The van der Waals surface area contributed by atoms with Crippen LogP contribution >= 0.6 is 0 Å². The molecule has 3 rings (SSSR count). The Hall–Kier alpha value is -2.56. The second-order valence-electron chi connectivity index (χ2n) is 4.16. The highest BCUT2D eigenvalue weighted by molar-refractivity contribution is 5.72. The lowest BCUT2D eigenvalue weighted by molar-refractivity contribution is 0.627. The van der Waals surface area contributed by atoms with Crippen LogP contribution in [0.2, 0.25) is 0 Å². The second kappa shape index (κ2) is 4.28. The largest absolute Gasteiger partial charge is 0.278 e. The van der Waals surface area contributed by atoms with Crippen LogP contribution in [0.1, 0.15) is 5.69 Å². The molecule has 0 amide bonds. The molecule has 0 N–H and O–H groups in total. The average Bonchev–Trinajstić information content (AvgIpc) is 2.42. The summed E-state index contributed by atoms with van der Waals surface area (Å²) in [5.74, 6) is -0.347. The van der Waals surface area contributed by atoms with Crippen LogP contribution in [0, 0.1) is 12.7 Å². The predicted molar refractivity (Wildman–Crippen MR) is 69.8 cm³/mol. The van der Waals surface area contributed by atoms with Crippen molar-refractivity contribution in [3.63, 3.8) is 0 Å². The minimum Gasteiger partial charge on any atom is -0.267 e. The topological polar surface area (TPSA) is 47.8 Å². The molecule has 0 atom stereocenters. The summed E-state index contributed by atoms with van der Waals surface area (Å²) in [7, 11) is 0. The maximum Gasteiger partial charge on any atom is 0.278 e. The van der Waals surface area contributed by atoms with E-state index in [4.69, 9.17) is 0 Å². The number of hydrogen-bond donors (Lipinski definition) is 0. The number of aryl methyl sites for hydroxylation is 1. The van der Waals surface area contributed by atoms with Crippen LogP contribution in [0.3, 0.4) is 0 Å². The van der Waals surface area contributed by atoms with E-state index < -0.39 is 0 Å². The normalized spacial score (nSPS) is 10.8. The van der Waals surface area contributed by atoms with Gasteiger partial charge in [0.2, 0.25) is 0 Å². The van der Waals surface area contributed by atoms with E-state index in [-0.39, 0.29) is 11.4 Å². The number of hydrogen-bond acceptors (Lipinski definition) is 3. The van der Waals surface area contributed by atoms with E-state index in [0.29, 0.717) is 22.5 Å². The molecule has 0 fully saturated rings. The summed E-state index contributed by atoms with van der Waals surface area (Å²) in [5.41, 5.74) is 1.79. The number of benzene rings is 1. The van der Waals surface area contributed by atoms with Crippen LogP contribution in [0.15, 0.2) is 47.4 Å². The third-order valence-electron chi connectivity index (χ3n) is 2.86. The Morgan fingerprint density at radius 1 is 1.16 bits per heavy atom. The van der Waals surface area contributed by atoms with Gasteiger partial charge in [0.15, 0.2) is 5.65 Å². The Morgan fingerprint density at radius 3 is 2.63 bits per heavy atom. The lowest BCUT2D eigenvalue weighted by Gasteiger charge is -2.09. The lowest BCUT2D eigenvalue weighted by atomic mass is 10.3. The molecule has 2 aromatic heterocycles. The molecule has 2 heterocycles. The highest BCUT2D eigenvalue weighted by atomic mass is 19.1. The Balaban J connectivity index is 2.42. The molecule has 0 aliphatic carbocycles. The van der Waals surface area contributed by atoms with Gasteiger partial charge in [0.25, 0.3) is 5.56 Å². The molecule has 1 aromatic carbocycles. The van der Waals surface area contributed by atoms with Crippen molar-refractivity contribution in [1.29, 1.82) is 0 Å². The summed E-state index contributed by atoms with van der Waals surface area (Å²) in [6.45, 7) is 1.65. The van der Waals surface area contributed by atoms with E-state index in [1.165, 1.54) is 16.7 Å². The number of aromatic nitrogens is 3. The Morgan fingerprint density at radius 2 is 1.89 bits per heavy atom. The molecule has 4 nitrogen and oxygen atoms in total. The van der Waals surface area contributed by atoms with Gasteiger partial charge in [0.1, 0.15) is 17.0 Å². The zero-order valence-electron chi connectivity index (χ0n) is 10.2. The molecule has 3 aromatic rings. The molecule has 0 spiro atoms. The smallest absolute Gasteiger partial charge is 0.267 e. The van der Waals surface area contributed by atoms with Gasteiger partial charge in [0, 0.05) is 6.20 Å². The molecular weight excluding hydrogens is 245 g/mol. The van der Waals surface area contributed by atoms with Crippen LogP contribution < -0.4 is 5.56 Å². The third kappa shape index (κ3) is 1.89. The highest BCUT2D eigenvalue weighted by Crippen LogP contribution is 2.13. The summed E-state index contributed by atoms with van der Waals surface area (Å²) in [4.78, 5) is 20.6. The van der Waals surface area contributed by atoms with Gasteiger partial charge in [-0.05, 0) is 43.3 Å². The first-order valence-corrected chi connectivity index (χ1v) is 5.77. The van der Waals surface area contributed by atoms with Crippen LogP contribution in [-0.4, -0.2) is 14.5 Å². The number of fused-ring (bicyclic) bond motifs is 1. The monoisotopic (exact) mass is 255 g/mol. The van der Waals surface area contributed by atoms with Gasteiger partial charge >= 0.3 is 0 Å². The molecule has 0 saturated carbocycles. The number of nitrogens with zero attached hydrogens (tertiary/aromatic N) is 3. The quantitative estimate of drug-likeness (QED) is 0.670. The first-order valence-electron chi connectivity index (χ1n) is 5.77. The summed E-state index contributed by atoms with van der Waals surface area (Å²) >= 11 is 0. The average molecular weight is 255 g/mol. The fraction of sp³-hybridized carbons (Fsp3) is 0.0714. The zero-order valence-corrected chi connectivity index (χ0v) is 10.2. The Bertz CT molecular complexity index is 809. The molecule has 0 unspecified atom stereocenters. The Kier molecular flexibility index (Phi) is 2.59. The van der Waals surface area contributed by atoms with E-state index in [2.05, 4.69) is 9.97 Å². The van der Waals surface area contributed by atoms with E-state index in [1.807, 2.05) is 0 Å². The molecule has 0 bridgehead atoms. The van der Waals surface area contributed by atoms with Gasteiger partial charge in [-0.25, -0.2) is 14.4 Å². The minimum atomic E-state index is -0.347. The maximum atomic E-state index is 13.0.